The molecule has 1 aliphatic heterocycles. The number of hydrogen-bond donors (Lipinski definition) is 2. The maximum Gasteiger partial charge on any atom is 0.287 e. The highest BCUT2D eigenvalue weighted by atomic mass is 19.3. The SMILES string of the molecule is O=C(c1cc2ccccc2cc1O)N1N=C(C(F)F)C[C@@]1(O)C(F)F. The highest BCUT2D eigenvalue weighted by molar-refractivity contribution is 6.03. The molecule has 0 spiro atoms. The summed E-state index contributed by atoms with van der Waals surface area (Å²) in [6.07, 6.45) is -7.91. The number of hydrogen-bond acceptors (Lipinski definition) is 4. The number of phenols is 1. The van der Waals surface area contributed by atoms with Gasteiger partial charge in [-0.05, 0) is 22.9 Å². The minimum absolute atomic E-state index is 0.0804. The van der Waals surface area contributed by atoms with Crippen LogP contribution in [0.4, 0.5) is 17.6 Å². The van der Waals surface area contributed by atoms with Crippen LogP contribution >= 0.6 is 0 Å². The number of fused-ring (bicyclic) bond motifs is 1. The third-order valence-corrected chi connectivity index (χ3v) is 3.92. The molecule has 5 nitrogen and oxygen atoms in total. The van der Waals surface area contributed by atoms with E-state index in [-0.39, 0.29) is 5.01 Å². The van der Waals surface area contributed by atoms with Crippen molar-refractivity contribution >= 4 is 22.4 Å². The molecule has 0 saturated heterocycles. The number of halogens is 4. The monoisotopic (exact) mass is 356 g/mol. The number of hydrazone groups is 1. The molecule has 0 saturated carbocycles. The quantitative estimate of drug-likeness (QED) is 0.831. The average Bonchev–Trinajstić information content (AvgIpc) is 2.93. The van der Waals surface area contributed by atoms with Gasteiger partial charge in [0, 0.05) is 6.42 Å². The summed E-state index contributed by atoms with van der Waals surface area (Å²) in [6.45, 7) is 0. The molecule has 2 N–H and O–H groups in total. The van der Waals surface area contributed by atoms with Gasteiger partial charge in [0.1, 0.15) is 11.5 Å². The third-order valence-electron chi connectivity index (χ3n) is 3.92. The van der Waals surface area contributed by atoms with Gasteiger partial charge in [-0.3, -0.25) is 4.79 Å². The van der Waals surface area contributed by atoms with Crippen LogP contribution in [0.3, 0.4) is 0 Å². The molecular formula is C16H12F4N2O3. The Morgan fingerprint density at radius 3 is 2.32 bits per heavy atom. The fraction of sp³-hybridized carbons (Fsp3) is 0.250. The van der Waals surface area contributed by atoms with Crippen molar-refractivity contribution in [2.24, 2.45) is 5.10 Å². The van der Waals surface area contributed by atoms with Crippen molar-refractivity contribution in [3.63, 3.8) is 0 Å². The summed E-state index contributed by atoms with van der Waals surface area (Å²) in [4.78, 5) is 12.5. The first-order valence-corrected chi connectivity index (χ1v) is 7.16. The summed E-state index contributed by atoms with van der Waals surface area (Å²) >= 11 is 0. The number of aromatic hydroxyl groups is 1. The Hall–Kier alpha value is -2.68. The number of carbonyl (C=O) groups is 1. The van der Waals surface area contributed by atoms with Crippen LogP contribution in [0, 0.1) is 0 Å². The summed E-state index contributed by atoms with van der Waals surface area (Å²) < 4.78 is 52.0. The second kappa shape index (κ2) is 5.99. The molecule has 3 rings (SSSR count). The first kappa shape index (κ1) is 17.2. The van der Waals surface area contributed by atoms with Crippen molar-refractivity contribution in [2.45, 2.75) is 25.0 Å². The summed E-state index contributed by atoms with van der Waals surface area (Å²) in [6, 6.07) is 9.07. The highest BCUT2D eigenvalue weighted by Gasteiger charge is 2.53. The van der Waals surface area contributed by atoms with Crippen molar-refractivity contribution in [2.75, 3.05) is 0 Å². The van der Waals surface area contributed by atoms with Crippen molar-refractivity contribution in [3.05, 3.63) is 42.0 Å². The molecule has 0 fully saturated rings. The molecule has 25 heavy (non-hydrogen) atoms. The van der Waals surface area contributed by atoms with Crippen molar-refractivity contribution in [3.8, 4) is 5.75 Å². The number of amides is 1. The van der Waals surface area contributed by atoms with Crippen LogP contribution in [-0.2, 0) is 0 Å². The van der Waals surface area contributed by atoms with Crippen molar-refractivity contribution in [1.29, 1.82) is 0 Å². The van der Waals surface area contributed by atoms with Gasteiger partial charge in [-0.25, -0.2) is 17.6 Å². The van der Waals surface area contributed by atoms with E-state index in [9.17, 15) is 32.6 Å². The molecule has 0 radical (unpaired) electrons. The lowest BCUT2D eigenvalue weighted by atomic mass is 10.0. The summed E-state index contributed by atoms with van der Waals surface area (Å²) in [7, 11) is 0. The molecule has 0 aliphatic carbocycles. The molecule has 132 valence electrons. The number of aliphatic hydroxyl groups is 1. The molecule has 1 amide bonds. The Morgan fingerprint density at radius 2 is 1.76 bits per heavy atom. The Labute approximate surface area is 138 Å². The number of carbonyl (C=O) groups excluding carboxylic acids is 1. The van der Waals surface area contributed by atoms with Crippen LogP contribution in [-0.4, -0.2) is 45.4 Å². The Bertz CT molecular complexity index is 872. The molecule has 0 aromatic heterocycles. The number of nitrogens with zero attached hydrogens (tertiary/aromatic N) is 2. The van der Waals surface area contributed by atoms with Crippen LogP contribution in [0.25, 0.3) is 10.8 Å². The molecule has 1 heterocycles. The Morgan fingerprint density at radius 1 is 1.16 bits per heavy atom. The maximum absolute atomic E-state index is 13.2. The van der Waals surface area contributed by atoms with Gasteiger partial charge >= 0.3 is 0 Å². The van der Waals surface area contributed by atoms with Gasteiger partial charge in [0.2, 0.25) is 5.72 Å². The van der Waals surface area contributed by atoms with E-state index in [4.69, 9.17) is 0 Å². The normalized spacial score (nSPS) is 20.6. The summed E-state index contributed by atoms with van der Waals surface area (Å²) in [5.74, 6) is -1.84. The van der Waals surface area contributed by atoms with Gasteiger partial charge in [0.05, 0.1) is 5.56 Å². The Kier molecular flexibility index (Phi) is 4.11. The fourth-order valence-corrected chi connectivity index (χ4v) is 2.62. The average molecular weight is 356 g/mol. The molecule has 9 heteroatoms. The zero-order chi connectivity index (χ0) is 18.4. The molecule has 1 atom stereocenters. The number of benzene rings is 2. The third kappa shape index (κ3) is 2.80. The molecule has 2 aromatic rings. The lowest BCUT2D eigenvalue weighted by Crippen LogP contribution is -2.51. The zero-order valence-electron chi connectivity index (χ0n) is 12.5. The molecule has 2 aromatic carbocycles. The molecule has 0 unspecified atom stereocenters. The first-order valence-electron chi connectivity index (χ1n) is 7.16. The van der Waals surface area contributed by atoms with E-state index >= 15 is 0 Å². The predicted octanol–water partition coefficient (Wildman–Crippen LogP) is 2.97. The predicted molar refractivity (Wildman–Crippen MR) is 80.8 cm³/mol. The van der Waals surface area contributed by atoms with Gasteiger partial charge in [0.25, 0.3) is 18.8 Å². The number of rotatable bonds is 3. The largest absolute Gasteiger partial charge is 0.507 e. The summed E-state index contributed by atoms with van der Waals surface area (Å²) in [5, 5.41) is 24.2. The lowest BCUT2D eigenvalue weighted by molar-refractivity contribution is -0.164. The van der Waals surface area contributed by atoms with Gasteiger partial charge in [-0.15, -0.1) is 0 Å². The van der Waals surface area contributed by atoms with E-state index in [0.717, 1.165) is 0 Å². The van der Waals surface area contributed by atoms with E-state index in [0.29, 0.717) is 10.8 Å². The van der Waals surface area contributed by atoms with Crippen LogP contribution < -0.4 is 0 Å². The second-order valence-electron chi connectivity index (χ2n) is 5.58. The van der Waals surface area contributed by atoms with Gasteiger partial charge < -0.3 is 10.2 Å². The summed E-state index contributed by atoms with van der Waals surface area (Å²) in [5.41, 5.74) is -4.66. The standard InChI is InChI=1S/C16H12F4N2O3/c17-13(18)11-7-16(25,15(19)20)22(21-11)14(24)10-5-8-3-1-2-4-9(8)6-12(10)23/h1-6,13,15,23,25H,7H2/t16-/m1/s1. The molecule has 1 aliphatic rings. The van der Waals surface area contributed by atoms with E-state index in [1.54, 1.807) is 24.3 Å². The lowest BCUT2D eigenvalue weighted by Gasteiger charge is -2.30. The van der Waals surface area contributed by atoms with Crippen molar-refractivity contribution < 1.29 is 32.6 Å². The van der Waals surface area contributed by atoms with E-state index < -0.39 is 47.9 Å². The Balaban J connectivity index is 2.08. The highest BCUT2D eigenvalue weighted by Crippen LogP contribution is 2.36. The van der Waals surface area contributed by atoms with Crippen LogP contribution in [0.1, 0.15) is 16.8 Å². The fourth-order valence-electron chi connectivity index (χ4n) is 2.62. The van der Waals surface area contributed by atoms with Gasteiger partial charge in [-0.2, -0.15) is 10.1 Å². The van der Waals surface area contributed by atoms with E-state index in [2.05, 4.69) is 5.10 Å². The van der Waals surface area contributed by atoms with Gasteiger partial charge in [-0.1, -0.05) is 24.3 Å². The smallest absolute Gasteiger partial charge is 0.287 e. The van der Waals surface area contributed by atoms with E-state index in [1.807, 2.05) is 0 Å². The molecular weight excluding hydrogens is 344 g/mol. The van der Waals surface area contributed by atoms with Crippen molar-refractivity contribution in [1.82, 2.24) is 5.01 Å². The minimum atomic E-state index is -3.53. The van der Waals surface area contributed by atoms with Crippen LogP contribution in [0.5, 0.6) is 5.75 Å². The topological polar surface area (TPSA) is 73.1 Å². The molecule has 0 bridgehead atoms. The first-order chi connectivity index (χ1) is 11.7. The second-order valence-corrected chi connectivity index (χ2v) is 5.58. The van der Waals surface area contributed by atoms with Crippen LogP contribution in [0.2, 0.25) is 0 Å². The number of phenolic OH excluding ortho intramolecular Hbond substituents is 1. The van der Waals surface area contributed by atoms with Gasteiger partial charge in [0.15, 0.2) is 0 Å². The van der Waals surface area contributed by atoms with Crippen LogP contribution in [0.15, 0.2) is 41.5 Å². The van der Waals surface area contributed by atoms with E-state index in [1.165, 1.54) is 12.1 Å². The minimum Gasteiger partial charge on any atom is -0.507 e. The zero-order valence-corrected chi connectivity index (χ0v) is 12.5. The number of alkyl halides is 4. The maximum atomic E-state index is 13.2.